The molecular weight excluding hydrogens is 605 g/mol. The van der Waals surface area contributed by atoms with E-state index in [-0.39, 0.29) is 0 Å². The van der Waals surface area contributed by atoms with Crippen LogP contribution in [0.25, 0.3) is 109 Å². The maximum absolute atomic E-state index is 2.39. The van der Waals surface area contributed by atoms with Crippen molar-refractivity contribution in [3.05, 3.63) is 158 Å². The van der Waals surface area contributed by atoms with E-state index in [4.69, 9.17) is 0 Å². The molecule has 234 valence electrons. The molecule has 0 aliphatic heterocycles. The number of hydrogen-bond acceptors (Lipinski definition) is 0. The van der Waals surface area contributed by atoms with Crippen molar-refractivity contribution in [2.45, 2.75) is 0 Å². The van der Waals surface area contributed by atoms with Crippen molar-refractivity contribution >= 4 is 86.7 Å². The second kappa shape index (κ2) is 10.1. The van der Waals surface area contributed by atoms with Crippen LogP contribution in [0.15, 0.2) is 158 Å². The van der Waals surface area contributed by atoms with Gasteiger partial charge in [0, 0.05) is 57.7 Å². The van der Waals surface area contributed by atoms with Crippen molar-refractivity contribution in [1.82, 2.24) is 9.13 Å². The van der Waals surface area contributed by atoms with E-state index in [1.807, 2.05) is 0 Å². The highest BCUT2D eigenvalue weighted by atomic mass is 14.9. The molecule has 0 N–H and O–H groups in total. The van der Waals surface area contributed by atoms with Crippen LogP contribution in [0.4, 0.5) is 0 Å². The molecule has 50 heavy (non-hydrogen) atoms. The predicted molar refractivity (Wildman–Crippen MR) is 215 cm³/mol. The summed E-state index contributed by atoms with van der Waals surface area (Å²) in [7, 11) is 4.39. The molecule has 0 amide bonds. The van der Waals surface area contributed by atoms with Crippen LogP contribution in [0.2, 0.25) is 0 Å². The minimum absolute atomic E-state index is 1.24. The summed E-state index contributed by atoms with van der Waals surface area (Å²) in [5.74, 6) is 0. The van der Waals surface area contributed by atoms with Gasteiger partial charge in [-0.2, -0.15) is 0 Å². The lowest BCUT2D eigenvalue weighted by Gasteiger charge is -2.13. The first-order valence-electron chi connectivity index (χ1n) is 17.4. The highest BCUT2D eigenvalue weighted by Gasteiger charge is 2.16. The van der Waals surface area contributed by atoms with Crippen LogP contribution < -0.4 is 0 Å². The molecule has 0 saturated carbocycles. The zero-order valence-corrected chi connectivity index (χ0v) is 27.9. The zero-order valence-electron chi connectivity index (χ0n) is 27.9. The van der Waals surface area contributed by atoms with Crippen molar-refractivity contribution < 1.29 is 0 Å². The lowest BCUT2D eigenvalue weighted by atomic mass is 9.91. The van der Waals surface area contributed by atoms with Crippen LogP contribution in [0.3, 0.4) is 0 Å². The van der Waals surface area contributed by atoms with Gasteiger partial charge in [-0.15, -0.1) is 0 Å². The van der Waals surface area contributed by atoms with E-state index in [1.165, 1.54) is 109 Å². The fourth-order valence-corrected chi connectivity index (χ4v) is 8.84. The quantitative estimate of drug-likeness (QED) is 0.167. The average molecular weight is 637 g/mol. The van der Waals surface area contributed by atoms with Crippen LogP contribution in [0.1, 0.15) is 0 Å². The molecule has 0 aliphatic carbocycles. The molecular formula is C48H32N2. The van der Waals surface area contributed by atoms with Crippen molar-refractivity contribution in [2.75, 3.05) is 0 Å². The maximum Gasteiger partial charge on any atom is 0.0495 e. The van der Waals surface area contributed by atoms with Crippen molar-refractivity contribution in [3.8, 4) is 22.3 Å². The summed E-state index contributed by atoms with van der Waals surface area (Å²) in [5, 5.41) is 15.5. The van der Waals surface area contributed by atoms with Gasteiger partial charge in [0.1, 0.15) is 0 Å². The number of aromatic nitrogens is 2. The lowest BCUT2D eigenvalue weighted by molar-refractivity contribution is 1.01. The summed E-state index contributed by atoms with van der Waals surface area (Å²) < 4.78 is 4.70. The second-order valence-electron chi connectivity index (χ2n) is 13.8. The number of nitrogens with zero attached hydrogens (tertiary/aromatic N) is 2. The summed E-state index contributed by atoms with van der Waals surface area (Å²) >= 11 is 0. The third kappa shape index (κ3) is 3.73. The van der Waals surface area contributed by atoms with Crippen LogP contribution in [-0.2, 0) is 14.1 Å². The topological polar surface area (TPSA) is 9.86 Å². The molecule has 9 aromatic carbocycles. The van der Waals surface area contributed by atoms with Crippen LogP contribution in [0.5, 0.6) is 0 Å². The Morgan fingerprint density at radius 3 is 1.22 bits per heavy atom. The summed E-state index contributed by atoms with van der Waals surface area (Å²) in [4.78, 5) is 0. The van der Waals surface area contributed by atoms with Gasteiger partial charge < -0.3 is 9.13 Å². The Morgan fingerprint density at radius 2 is 0.740 bits per heavy atom. The number of fused-ring (bicyclic) bond motifs is 12. The standard InChI is InChI=1S/C48H32N2/c1-49-43-23-19-29-9-3-5-13-37(29)47(43)39-21-17-33(27-45(39)49)35-15-7-11-31-26-42-32(25-41(31)35)12-8-16-36(42)34-18-22-40-46(28-34)50(2)44-24-20-30-10-4-6-14-38(30)48(40)44/h3-28H,1-2H3. The smallest absolute Gasteiger partial charge is 0.0495 e. The second-order valence-corrected chi connectivity index (χ2v) is 13.8. The highest BCUT2D eigenvalue weighted by Crippen LogP contribution is 2.41. The molecule has 0 aliphatic rings. The first kappa shape index (κ1) is 27.6. The van der Waals surface area contributed by atoms with E-state index in [1.54, 1.807) is 0 Å². The Morgan fingerprint density at radius 1 is 0.300 bits per heavy atom. The summed E-state index contributed by atoms with van der Waals surface area (Å²) in [6.07, 6.45) is 0. The first-order chi connectivity index (χ1) is 24.6. The number of benzene rings is 9. The minimum atomic E-state index is 1.24. The van der Waals surface area contributed by atoms with Gasteiger partial charge in [0.2, 0.25) is 0 Å². The Kier molecular flexibility index (Phi) is 5.55. The van der Waals surface area contributed by atoms with E-state index >= 15 is 0 Å². The summed E-state index contributed by atoms with van der Waals surface area (Å²) in [5.41, 5.74) is 10.0. The normalized spacial score (nSPS) is 12.2. The van der Waals surface area contributed by atoms with Crippen LogP contribution in [0, 0.1) is 0 Å². The highest BCUT2D eigenvalue weighted by molar-refractivity contribution is 6.22. The predicted octanol–water partition coefficient (Wildman–Crippen LogP) is 12.9. The molecule has 2 heteroatoms. The average Bonchev–Trinajstić information content (AvgIpc) is 3.63. The SMILES string of the molecule is Cn1c2cc(-c3cccc4cc5c(-c6ccc7c8c9ccccc9ccc8n(C)c7c6)cccc5cc34)ccc2c2c3ccccc3ccc21. The molecule has 0 saturated heterocycles. The van der Waals surface area contributed by atoms with Gasteiger partial charge in [0.05, 0.1) is 0 Å². The van der Waals surface area contributed by atoms with Gasteiger partial charge >= 0.3 is 0 Å². The van der Waals surface area contributed by atoms with Gasteiger partial charge in [-0.3, -0.25) is 0 Å². The van der Waals surface area contributed by atoms with E-state index in [2.05, 4.69) is 181 Å². The molecule has 0 bridgehead atoms. The largest absolute Gasteiger partial charge is 0.344 e. The van der Waals surface area contributed by atoms with Crippen molar-refractivity contribution in [2.24, 2.45) is 14.1 Å². The van der Waals surface area contributed by atoms with Gasteiger partial charge in [-0.1, -0.05) is 121 Å². The summed E-state index contributed by atoms with van der Waals surface area (Å²) in [6.45, 7) is 0. The Labute approximate surface area is 289 Å². The molecule has 0 spiro atoms. The van der Waals surface area contributed by atoms with Crippen LogP contribution >= 0.6 is 0 Å². The Bertz CT molecular complexity index is 3010. The van der Waals surface area contributed by atoms with E-state index < -0.39 is 0 Å². The van der Waals surface area contributed by atoms with E-state index in [9.17, 15) is 0 Å². The monoisotopic (exact) mass is 636 g/mol. The zero-order chi connectivity index (χ0) is 33.1. The molecule has 2 nitrogen and oxygen atoms in total. The molecule has 0 fully saturated rings. The fourth-order valence-electron chi connectivity index (χ4n) is 8.84. The van der Waals surface area contributed by atoms with Gasteiger partial charge in [-0.25, -0.2) is 0 Å². The first-order valence-corrected chi connectivity index (χ1v) is 17.4. The van der Waals surface area contributed by atoms with E-state index in [0.717, 1.165) is 0 Å². The van der Waals surface area contributed by atoms with Crippen molar-refractivity contribution in [3.63, 3.8) is 0 Å². The Hall–Kier alpha value is -6.38. The summed E-state index contributed by atoms with van der Waals surface area (Å²) in [6, 6.07) is 58.7. The fraction of sp³-hybridized carbons (Fsp3) is 0.0417. The molecule has 11 rings (SSSR count). The van der Waals surface area contributed by atoms with Gasteiger partial charge in [0.15, 0.2) is 0 Å². The van der Waals surface area contributed by atoms with E-state index in [0.29, 0.717) is 0 Å². The molecule has 0 radical (unpaired) electrons. The third-order valence-corrected chi connectivity index (χ3v) is 11.3. The van der Waals surface area contributed by atoms with Crippen molar-refractivity contribution in [1.29, 1.82) is 0 Å². The molecule has 0 atom stereocenters. The third-order valence-electron chi connectivity index (χ3n) is 11.3. The van der Waals surface area contributed by atoms with Crippen LogP contribution in [-0.4, -0.2) is 9.13 Å². The molecule has 2 heterocycles. The number of hydrogen-bond donors (Lipinski definition) is 0. The van der Waals surface area contributed by atoms with Gasteiger partial charge in [0.25, 0.3) is 0 Å². The number of rotatable bonds is 2. The lowest BCUT2D eigenvalue weighted by Crippen LogP contribution is -1.89. The van der Waals surface area contributed by atoms with Gasteiger partial charge in [-0.05, 0) is 102 Å². The molecule has 0 unspecified atom stereocenters. The molecule has 2 aromatic heterocycles. The minimum Gasteiger partial charge on any atom is -0.344 e. The molecule has 11 aromatic rings. The Balaban J connectivity index is 1.08. The number of aryl methyl sites for hydroxylation is 2. The maximum atomic E-state index is 2.39.